The van der Waals surface area contributed by atoms with Crippen molar-refractivity contribution in [1.29, 1.82) is 0 Å². The van der Waals surface area contributed by atoms with Gasteiger partial charge in [-0.15, -0.1) is 16.8 Å². The van der Waals surface area contributed by atoms with Gasteiger partial charge in [0.15, 0.2) is 0 Å². The number of unbranched alkanes of at least 4 members (excludes halogenated alkanes) is 1. The Hall–Kier alpha value is -3.56. The molecule has 2 heterocycles. The maximum atomic E-state index is 11.6. The predicted molar refractivity (Wildman–Crippen MR) is 151 cm³/mol. The molecule has 0 bridgehead atoms. The third-order valence-corrected chi connectivity index (χ3v) is 7.25. The fraction of sp³-hybridized carbons (Fsp3) is 0.467. The molecule has 1 aliphatic rings. The van der Waals surface area contributed by atoms with E-state index in [1.807, 2.05) is 37.3 Å². The lowest BCUT2D eigenvalue weighted by molar-refractivity contribution is -0.143. The largest absolute Gasteiger partial charge is 0.508 e. The Bertz CT molecular complexity index is 1240. The molecule has 208 valence electrons. The first-order chi connectivity index (χ1) is 18.9. The zero-order valence-corrected chi connectivity index (χ0v) is 23.2. The summed E-state index contributed by atoms with van der Waals surface area (Å²) in [4.78, 5) is 18.1. The number of esters is 1. The summed E-state index contributed by atoms with van der Waals surface area (Å²) in [5.74, 6) is 0.648. The molecule has 0 aliphatic carbocycles. The van der Waals surface area contributed by atoms with Crippen molar-refractivity contribution in [3.05, 3.63) is 72.3 Å². The molecule has 4 rings (SSSR count). The minimum absolute atomic E-state index is 0.0432. The number of rotatable bonds is 12. The second kappa shape index (κ2) is 13.5. The van der Waals surface area contributed by atoms with E-state index in [9.17, 15) is 9.90 Å². The smallest absolute Gasteiger partial charge is 0.305 e. The third kappa shape index (κ3) is 7.30. The molecule has 39 heavy (non-hydrogen) atoms. The number of nitrogens with zero attached hydrogens (tertiary/aromatic N) is 6. The Morgan fingerprint density at radius 1 is 1.13 bits per heavy atom. The molecule has 1 aromatic heterocycles. The molecule has 0 saturated carbocycles. The van der Waals surface area contributed by atoms with E-state index in [2.05, 4.69) is 63.8 Å². The van der Waals surface area contributed by atoms with Gasteiger partial charge in [-0.25, -0.2) is 0 Å². The number of aromatic hydroxyl groups is 1. The van der Waals surface area contributed by atoms with Crippen molar-refractivity contribution in [1.82, 2.24) is 30.0 Å². The highest BCUT2D eigenvalue weighted by molar-refractivity contribution is 5.69. The molecule has 1 N–H and O–H groups in total. The zero-order valence-electron chi connectivity index (χ0n) is 23.2. The van der Waals surface area contributed by atoms with Gasteiger partial charge in [0, 0.05) is 43.7 Å². The van der Waals surface area contributed by atoms with Gasteiger partial charge >= 0.3 is 5.97 Å². The Balaban J connectivity index is 1.55. The molecule has 2 aromatic carbocycles. The van der Waals surface area contributed by atoms with Crippen LogP contribution in [0.1, 0.15) is 57.2 Å². The number of benzene rings is 2. The number of aryl methyl sites for hydroxylation is 1. The number of piperazine rings is 1. The summed E-state index contributed by atoms with van der Waals surface area (Å²) in [6.45, 7) is 13.9. The molecule has 9 nitrogen and oxygen atoms in total. The van der Waals surface area contributed by atoms with E-state index in [0.29, 0.717) is 43.9 Å². The van der Waals surface area contributed by atoms with Gasteiger partial charge in [0.2, 0.25) is 5.82 Å². The van der Waals surface area contributed by atoms with E-state index in [0.717, 1.165) is 42.7 Å². The van der Waals surface area contributed by atoms with Crippen LogP contribution in [0.3, 0.4) is 0 Å². The Morgan fingerprint density at radius 3 is 2.64 bits per heavy atom. The minimum Gasteiger partial charge on any atom is -0.508 e. The van der Waals surface area contributed by atoms with Gasteiger partial charge < -0.3 is 9.84 Å². The monoisotopic (exact) mass is 532 g/mol. The van der Waals surface area contributed by atoms with Crippen molar-refractivity contribution in [3.63, 3.8) is 0 Å². The van der Waals surface area contributed by atoms with E-state index in [1.54, 1.807) is 10.9 Å². The molecule has 1 saturated heterocycles. The van der Waals surface area contributed by atoms with Crippen LogP contribution >= 0.6 is 0 Å². The summed E-state index contributed by atoms with van der Waals surface area (Å²) in [6.07, 6.45) is 3.85. The Kier molecular flexibility index (Phi) is 9.84. The standard InChI is InChI=1S/C30H40N6O3/c1-5-16-34-20-23(4)35(21-22(34)3)29(25-12-10-14-27(37)19-25)24-11-9-13-26(18-24)30-31-33-36(32-30)17-8-7-15-28(38)39-6-2/h5,9-14,18-19,22-23,29,37H,1,6-8,15-17,20-21H2,2-4H3/t22-,23+,29-/m1/s1. The van der Waals surface area contributed by atoms with Crippen LogP contribution in [0.5, 0.6) is 5.75 Å². The average molecular weight is 533 g/mol. The topological polar surface area (TPSA) is 96.6 Å². The van der Waals surface area contributed by atoms with Crippen molar-refractivity contribution in [2.24, 2.45) is 0 Å². The molecule has 9 heteroatoms. The van der Waals surface area contributed by atoms with Gasteiger partial charge in [0.1, 0.15) is 5.75 Å². The number of carbonyl (C=O) groups excluding carboxylic acids is 1. The van der Waals surface area contributed by atoms with Crippen molar-refractivity contribution in [2.45, 2.75) is 64.7 Å². The molecule has 1 fully saturated rings. The van der Waals surface area contributed by atoms with E-state index in [1.165, 1.54) is 0 Å². The number of phenols is 1. The van der Waals surface area contributed by atoms with Crippen LogP contribution in [0.25, 0.3) is 11.4 Å². The minimum atomic E-state index is -0.173. The second-order valence-electron chi connectivity index (χ2n) is 10.2. The molecule has 3 atom stereocenters. The van der Waals surface area contributed by atoms with Crippen LogP contribution in [0.4, 0.5) is 0 Å². The highest BCUT2D eigenvalue weighted by atomic mass is 16.5. The fourth-order valence-corrected chi connectivity index (χ4v) is 5.33. The molecule has 0 radical (unpaired) electrons. The quantitative estimate of drug-likeness (QED) is 0.208. The van der Waals surface area contributed by atoms with Crippen LogP contribution in [0, 0.1) is 0 Å². The van der Waals surface area contributed by atoms with Crippen LogP contribution < -0.4 is 0 Å². The van der Waals surface area contributed by atoms with E-state index < -0.39 is 0 Å². The predicted octanol–water partition coefficient (Wildman–Crippen LogP) is 4.45. The van der Waals surface area contributed by atoms with Crippen LogP contribution in [-0.4, -0.2) is 79.4 Å². The van der Waals surface area contributed by atoms with Gasteiger partial charge in [0.05, 0.1) is 19.2 Å². The van der Waals surface area contributed by atoms with Crippen molar-refractivity contribution >= 4 is 5.97 Å². The normalized spacial score (nSPS) is 19.1. The number of carbonyl (C=O) groups is 1. The van der Waals surface area contributed by atoms with E-state index in [4.69, 9.17) is 4.74 Å². The van der Waals surface area contributed by atoms with Gasteiger partial charge in [0.25, 0.3) is 0 Å². The molecular formula is C30H40N6O3. The number of hydrogen-bond acceptors (Lipinski definition) is 8. The Labute approximate surface area is 231 Å². The maximum absolute atomic E-state index is 11.6. The second-order valence-corrected chi connectivity index (χ2v) is 10.2. The van der Waals surface area contributed by atoms with Gasteiger partial charge in [-0.05, 0) is 68.2 Å². The molecule has 0 spiro atoms. The lowest BCUT2D eigenvalue weighted by Gasteiger charge is -2.47. The van der Waals surface area contributed by atoms with Gasteiger partial charge in [-0.2, -0.15) is 4.80 Å². The third-order valence-electron chi connectivity index (χ3n) is 7.25. The van der Waals surface area contributed by atoms with Gasteiger partial charge in [-0.3, -0.25) is 14.6 Å². The van der Waals surface area contributed by atoms with Crippen LogP contribution in [0.2, 0.25) is 0 Å². The fourth-order valence-electron chi connectivity index (χ4n) is 5.33. The number of hydrogen-bond donors (Lipinski definition) is 1. The average Bonchev–Trinajstić information content (AvgIpc) is 3.39. The van der Waals surface area contributed by atoms with Crippen molar-refractivity contribution in [3.8, 4) is 17.1 Å². The molecule has 0 amide bonds. The molecule has 1 aliphatic heterocycles. The highest BCUT2D eigenvalue weighted by Gasteiger charge is 2.34. The SMILES string of the molecule is C=CCN1C[C@H](C)N([C@@H](c2cccc(O)c2)c2cccc(-c3nnn(CCCCC(=O)OCC)n3)c2)C[C@H]1C. The summed E-state index contributed by atoms with van der Waals surface area (Å²) in [5, 5.41) is 23.5. The first kappa shape index (κ1) is 28.4. The van der Waals surface area contributed by atoms with Crippen LogP contribution in [0.15, 0.2) is 61.2 Å². The number of ether oxygens (including phenoxy) is 1. The summed E-state index contributed by atoms with van der Waals surface area (Å²) < 4.78 is 4.98. The lowest BCUT2D eigenvalue weighted by Crippen LogP contribution is -2.57. The summed E-state index contributed by atoms with van der Waals surface area (Å²) in [7, 11) is 0. The highest BCUT2D eigenvalue weighted by Crippen LogP contribution is 2.35. The number of tetrazole rings is 1. The number of aromatic nitrogens is 4. The number of phenolic OH excluding ortho intramolecular Hbond substituents is 1. The van der Waals surface area contributed by atoms with Crippen LogP contribution in [-0.2, 0) is 16.1 Å². The maximum Gasteiger partial charge on any atom is 0.305 e. The molecule has 0 unspecified atom stereocenters. The van der Waals surface area contributed by atoms with Gasteiger partial charge in [-0.1, -0.05) is 36.4 Å². The molecular weight excluding hydrogens is 492 g/mol. The Morgan fingerprint density at radius 2 is 1.90 bits per heavy atom. The van der Waals surface area contributed by atoms with E-state index in [-0.39, 0.29) is 17.8 Å². The zero-order chi connectivity index (χ0) is 27.8. The van der Waals surface area contributed by atoms with Crippen molar-refractivity contribution < 1.29 is 14.6 Å². The summed E-state index contributed by atoms with van der Waals surface area (Å²) in [6, 6.07) is 16.5. The first-order valence-corrected chi connectivity index (χ1v) is 13.8. The lowest BCUT2D eigenvalue weighted by atomic mass is 9.92. The van der Waals surface area contributed by atoms with E-state index >= 15 is 0 Å². The first-order valence-electron chi connectivity index (χ1n) is 13.8. The van der Waals surface area contributed by atoms with Crippen molar-refractivity contribution in [2.75, 3.05) is 26.2 Å². The summed E-state index contributed by atoms with van der Waals surface area (Å²) in [5.41, 5.74) is 3.04. The summed E-state index contributed by atoms with van der Waals surface area (Å²) >= 11 is 0. The molecule has 3 aromatic rings.